The molecule has 0 aliphatic carbocycles. The maximum Gasteiger partial charge on any atom is 0.319 e. The number of nitrogens with one attached hydrogen (secondary N) is 2. The van der Waals surface area contributed by atoms with Gasteiger partial charge in [0.25, 0.3) is 5.91 Å². The molecular formula is C18H25N3O5. The zero-order chi connectivity index (χ0) is 19.3. The average Bonchev–Trinajstić information content (AvgIpc) is 2.95. The van der Waals surface area contributed by atoms with Gasteiger partial charge in [0.15, 0.2) is 0 Å². The van der Waals surface area contributed by atoms with Crippen molar-refractivity contribution in [1.82, 2.24) is 10.2 Å². The second-order valence-electron chi connectivity index (χ2n) is 6.64. The number of amides is 3. The van der Waals surface area contributed by atoms with E-state index < -0.39 is 12.0 Å². The number of likely N-dealkylation sites (tertiary alicyclic amines) is 1. The van der Waals surface area contributed by atoms with Crippen molar-refractivity contribution in [2.75, 3.05) is 19.0 Å². The van der Waals surface area contributed by atoms with Gasteiger partial charge >= 0.3 is 12.0 Å². The summed E-state index contributed by atoms with van der Waals surface area (Å²) in [6, 6.07) is 5.82. The summed E-state index contributed by atoms with van der Waals surface area (Å²) < 4.78 is 5.30. The Morgan fingerprint density at radius 1 is 1.35 bits per heavy atom. The molecule has 1 fully saturated rings. The Morgan fingerprint density at radius 2 is 2.08 bits per heavy atom. The van der Waals surface area contributed by atoms with Crippen molar-refractivity contribution in [2.24, 2.45) is 0 Å². The van der Waals surface area contributed by atoms with Crippen LogP contribution in [0.2, 0.25) is 0 Å². The van der Waals surface area contributed by atoms with Crippen LogP contribution in [0.4, 0.5) is 10.5 Å². The minimum absolute atomic E-state index is 0.00725. The summed E-state index contributed by atoms with van der Waals surface area (Å²) in [7, 11) is 1.55. The third kappa shape index (κ3) is 5.19. The molecule has 0 aromatic heterocycles. The monoisotopic (exact) mass is 363 g/mol. The molecule has 1 saturated heterocycles. The molecule has 0 spiro atoms. The standard InChI is InChI=1S/C18H25N3O5/c1-11(2)19-18(25)20-13-6-4-5-12(7-13)17(24)21-10-15(26-3)8-14(21)9-16(22)23/h4-7,11,14-15H,8-10H2,1-3H3,(H,22,23)(H2,19,20,25). The number of hydrogen-bond donors (Lipinski definition) is 3. The molecule has 1 heterocycles. The second kappa shape index (κ2) is 8.66. The molecule has 8 heteroatoms. The number of carboxylic acids is 1. The smallest absolute Gasteiger partial charge is 0.319 e. The van der Waals surface area contributed by atoms with Crippen LogP contribution in [0.25, 0.3) is 0 Å². The molecule has 3 N–H and O–H groups in total. The summed E-state index contributed by atoms with van der Waals surface area (Å²) in [6.45, 7) is 4.04. The molecule has 8 nitrogen and oxygen atoms in total. The highest BCUT2D eigenvalue weighted by Crippen LogP contribution is 2.25. The fraction of sp³-hybridized carbons (Fsp3) is 0.500. The van der Waals surface area contributed by atoms with E-state index in [2.05, 4.69) is 10.6 Å². The van der Waals surface area contributed by atoms with Crippen molar-refractivity contribution >= 4 is 23.6 Å². The van der Waals surface area contributed by atoms with E-state index in [1.807, 2.05) is 13.8 Å². The highest BCUT2D eigenvalue weighted by Gasteiger charge is 2.36. The van der Waals surface area contributed by atoms with Crippen molar-refractivity contribution in [3.63, 3.8) is 0 Å². The number of carbonyl (C=O) groups is 3. The van der Waals surface area contributed by atoms with E-state index in [1.54, 1.807) is 31.4 Å². The van der Waals surface area contributed by atoms with E-state index in [1.165, 1.54) is 4.90 Å². The predicted octanol–water partition coefficient (Wildman–Crippen LogP) is 1.92. The normalized spacial score (nSPS) is 19.5. The third-order valence-corrected chi connectivity index (χ3v) is 4.17. The molecule has 0 saturated carbocycles. The molecule has 3 amide bonds. The van der Waals surface area contributed by atoms with Crippen molar-refractivity contribution < 1.29 is 24.2 Å². The molecule has 2 atom stereocenters. The van der Waals surface area contributed by atoms with Gasteiger partial charge in [0.05, 0.1) is 12.5 Å². The molecule has 26 heavy (non-hydrogen) atoms. The van der Waals surface area contributed by atoms with Crippen LogP contribution in [0.5, 0.6) is 0 Å². The van der Waals surface area contributed by atoms with Crippen molar-refractivity contribution in [2.45, 2.75) is 44.9 Å². The first kappa shape index (κ1) is 19.7. The van der Waals surface area contributed by atoms with Gasteiger partial charge in [-0.25, -0.2) is 4.79 Å². The average molecular weight is 363 g/mol. The Balaban J connectivity index is 2.13. The molecule has 2 rings (SSSR count). The number of hydrogen-bond acceptors (Lipinski definition) is 4. The summed E-state index contributed by atoms with van der Waals surface area (Å²) in [4.78, 5) is 37.3. The molecular weight excluding hydrogens is 338 g/mol. The first-order chi connectivity index (χ1) is 12.3. The maximum absolute atomic E-state index is 12.9. The van der Waals surface area contributed by atoms with Crippen LogP contribution in [-0.4, -0.2) is 59.8 Å². The van der Waals surface area contributed by atoms with Gasteiger partial charge in [-0.15, -0.1) is 0 Å². The minimum atomic E-state index is -0.953. The van der Waals surface area contributed by atoms with Crippen LogP contribution in [0.1, 0.15) is 37.0 Å². The van der Waals surface area contributed by atoms with Crippen LogP contribution in [0.15, 0.2) is 24.3 Å². The lowest BCUT2D eigenvalue weighted by Gasteiger charge is -2.23. The van der Waals surface area contributed by atoms with Crippen molar-refractivity contribution in [3.05, 3.63) is 29.8 Å². The summed E-state index contributed by atoms with van der Waals surface area (Å²) in [6.07, 6.45) is 0.185. The quantitative estimate of drug-likeness (QED) is 0.716. The zero-order valence-electron chi connectivity index (χ0n) is 15.2. The Labute approximate surface area is 152 Å². The number of carboxylic acid groups (broad SMARTS) is 1. The van der Waals surface area contributed by atoms with Crippen molar-refractivity contribution in [3.8, 4) is 0 Å². The fourth-order valence-electron chi connectivity index (χ4n) is 3.01. The number of aliphatic carboxylic acids is 1. The number of carbonyl (C=O) groups excluding carboxylic acids is 2. The molecule has 2 unspecified atom stereocenters. The number of anilines is 1. The molecule has 1 aliphatic rings. The van der Waals surface area contributed by atoms with E-state index >= 15 is 0 Å². The van der Waals surface area contributed by atoms with Crippen LogP contribution < -0.4 is 10.6 Å². The van der Waals surface area contributed by atoms with E-state index in [0.717, 1.165) is 0 Å². The Morgan fingerprint density at radius 3 is 2.69 bits per heavy atom. The van der Waals surface area contributed by atoms with Crippen LogP contribution in [0, 0.1) is 0 Å². The Hall–Kier alpha value is -2.61. The van der Waals surface area contributed by atoms with Crippen LogP contribution >= 0.6 is 0 Å². The molecule has 1 aliphatic heterocycles. The summed E-state index contributed by atoms with van der Waals surface area (Å²) in [5.74, 6) is -1.23. The zero-order valence-corrected chi connectivity index (χ0v) is 15.2. The van der Waals surface area contributed by atoms with Gasteiger partial charge < -0.3 is 25.4 Å². The van der Waals surface area contributed by atoms with Gasteiger partial charge in [-0.05, 0) is 38.5 Å². The van der Waals surface area contributed by atoms with Gasteiger partial charge in [-0.3, -0.25) is 9.59 Å². The fourth-order valence-corrected chi connectivity index (χ4v) is 3.01. The third-order valence-electron chi connectivity index (χ3n) is 4.17. The number of nitrogens with zero attached hydrogens (tertiary/aromatic N) is 1. The maximum atomic E-state index is 12.9. The van der Waals surface area contributed by atoms with Gasteiger partial charge in [-0.1, -0.05) is 6.07 Å². The summed E-state index contributed by atoms with van der Waals surface area (Å²) >= 11 is 0. The van der Waals surface area contributed by atoms with Crippen LogP contribution in [0.3, 0.4) is 0 Å². The highest BCUT2D eigenvalue weighted by molar-refractivity contribution is 5.97. The van der Waals surface area contributed by atoms with E-state index in [0.29, 0.717) is 24.2 Å². The van der Waals surface area contributed by atoms with Gasteiger partial charge in [0.1, 0.15) is 0 Å². The number of ether oxygens (including phenoxy) is 1. The summed E-state index contributed by atoms with van der Waals surface area (Å²) in [5, 5.41) is 14.5. The number of rotatable bonds is 6. The second-order valence-corrected chi connectivity index (χ2v) is 6.64. The largest absolute Gasteiger partial charge is 0.481 e. The Kier molecular flexibility index (Phi) is 6.57. The number of urea groups is 1. The highest BCUT2D eigenvalue weighted by atomic mass is 16.5. The first-order valence-corrected chi connectivity index (χ1v) is 8.53. The summed E-state index contributed by atoms with van der Waals surface area (Å²) in [5.41, 5.74) is 0.880. The lowest BCUT2D eigenvalue weighted by atomic mass is 10.1. The molecule has 1 aromatic carbocycles. The number of benzene rings is 1. The predicted molar refractivity (Wildman–Crippen MR) is 96.2 cm³/mol. The molecule has 1 aromatic rings. The SMILES string of the molecule is COC1CC(CC(=O)O)N(C(=O)c2cccc(NC(=O)NC(C)C)c2)C1. The van der Waals surface area contributed by atoms with E-state index in [-0.39, 0.29) is 30.5 Å². The Bertz CT molecular complexity index is 677. The van der Waals surface area contributed by atoms with E-state index in [9.17, 15) is 14.4 Å². The first-order valence-electron chi connectivity index (χ1n) is 8.53. The van der Waals surface area contributed by atoms with Gasteiger partial charge in [0.2, 0.25) is 0 Å². The topological polar surface area (TPSA) is 108 Å². The van der Waals surface area contributed by atoms with Gasteiger partial charge in [0, 0.05) is 37.0 Å². The van der Waals surface area contributed by atoms with Gasteiger partial charge in [-0.2, -0.15) is 0 Å². The molecule has 142 valence electrons. The van der Waals surface area contributed by atoms with Crippen LogP contribution in [-0.2, 0) is 9.53 Å². The minimum Gasteiger partial charge on any atom is -0.481 e. The van der Waals surface area contributed by atoms with Crippen molar-refractivity contribution in [1.29, 1.82) is 0 Å². The lowest BCUT2D eigenvalue weighted by Crippen LogP contribution is -2.37. The lowest BCUT2D eigenvalue weighted by molar-refractivity contribution is -0.138. The molecule has 0 radical (unpaired) electrons. The molecule has 0 bridgehead atoms. The number of methoxy groups -OCH3 is 1. The van der Waals surface area contributed by atoms with E-state index in [4.69, 9.17) is 9.84 Å².